The first-order valence-electron chi connectivity index (χ1n) is 8.18. The lowest BCUT2D eigenvalue weighted by molar-refractivity contribution is -0.139. The van der Waals surface area contributed by atoms with Crippen molar-refractivity contribution in [3.63, 3.8) is 0 Å². The van der Waals surface area contributed by atoms with Crippen LogP contribution in [0, 0.1) is 5.92 Å². The molecule has 2 atom stereocenters. The summed E-state index contributed by atoms with van der Waals surface area (Å²) in [6.07, 6.45) is 3.65. The summed E-state index contributed by atoms with van der Waals surface area (Å²) in [7, 11) is 0. The van der Waals surface area contributed by atoms with Crippen molar-refractivity contribution in [1.82, 2.24) is 9.88 Å². The second kappa shape index (κ2) is 7.36. The Balaban J connectivity index is 1.74. The number of carbonyl (C=O) groups is 1. The van der Waals surface area contributed by atoms with Gasteiger partial charge in [-0.1, -0.05) is 18.5 Å². The molecule has 1 aliphatic heterocycles. The number of piperidine rings is 1. The molecule has 5 nitrogen and oxygen atoms in total. The molecule has 0 saturated carbocycles. The van der Waals surface area contributed by atoms with E-state index >= 15 is 0 Å². The van der Waals surface area contributed by atoms with Crippen LogP contribution in [-0.2, 0) is 4.79 Å². The van der Waals surface area contributed by atoms with Gasteiger partial charge in [-0.2, -0.15) is 0 Å². The Labute approximate surface area is 146 Å². The number of amides is 1. The van der Waals surface area contributed by atoms with Crippen LogP contribution in [0.4, 0.5) is 0 Å². The minimum atomic E-state index is -0.130. The number of benzene rings is 1. The van der Waals surface area contributed by atoms with E-state index < -0.39 is 0 Å². The number of pyridine rings is 1. The fourth-order valence-electron chi connectivity index (χ4n) is 3.29. The summed E-state index contributed by atoms with van der Waals surface area (Å²) in [5.41, 5.74) is 0.642. The first-order chi connectivity index (χ1) is 11.6. The van der Waals surface area contributed by atoms with Gasteiger partial charge in [0.15, 0.2) is 6.61 Å². The van der Waals surface area contributed by atoms with E-state index in [9.17, 15) is 9.90 Å². The zero-order chi connectivity index (χ0) is 17.1. The van der Waals surface area contributed by atoms with Gasteiger partial charge in [0, 0.05) is 18.1 Å². The zero-order valence-corrected chi connectivity index (χ0v) is 14.4. The Morgan fingerprint density at radius 1 is 1.46 bits per heavy atom. The zero-order valence-electron chi connectivity index (χ0n) is 13.6. The number of halogens is 1. The van der Waals surface area contributed by atoms with Gasteiger partial charge in [-0.15, -0.1) is 0 Å². The second-order valence-corrected chi connectivity index (χ2v) is 6.60. The Morgan fingerprint density at radius 2 is 2.29 bits per heavy atom. The average molecular weight is 349 g/mol. The number of ether oxygens (including phenoxy) is 1. The van der Waals surface area contributed by atoms with E-state index in [2.05, 4.69) is 11.9 Å². The highest BCUT2D eigenvalue weighted by Crippen LogP contribution is 2.30. The predicted octanol–water partition coefficient (Wildman–Crippen LogP) is 2.89. The smallest absolute Gasteiger partial charge is 0.260 e. The quantitative estimate of drug-likeness (QED) is 0.922. The van der Waals surface area contributed by atoms with Crippen molar-refractivity contribution >= 4 is 28.4 Å². The molecule has 0 bridgehead atoms. The van der Waals surface area contributed by atoms with E-state index in [0.717, 1.165) is 18.2 Å². The fourth-order valence-corrected chi connectivity index (χ4v) is 3.50. The highest BCUT2D eigenvalue weighted by molar-refractivity contribution is 6.35. The highest BCUT2D eigenvalue weighted by Gasteiger charge is 2.31. The van der Waals surface area contributed by atoms with Gasteiger partial charge in [0.2, 0.25) is 0 Å². The minimum Gasteiger partial charge on any atom is -0.481 e. The third-order valence-electron chi connectivity index (χ3n) is 4.65. The van der Waals surface area contributed by atoms with Crippen LogP contribution in [0.2, 0.25) is 5.02 Å². The predicted molar refractivity (Wildman–Crippen MR) is 93.2 cm³/mol. The molecule has 1 aromatic carbocycles. The molecule has 1 fully saturated rings. The summed E-state index contributed by atoms with van der Waals surface area (Å²) >= 11 is 6.17. The summed E-state index contributed by atoms with van der Waals surface area (Å²) in [6.45, 7) is 2.64. The summed E-state index contributed by atoms with van der Waals surface area (Å²) in [5, 5.41) is 11.0. The van der Waals surface area contributed by atoms with E-state index in [0.29, 0.717) is 28.8 Å². The van der Waals surface area contributed by atoms with Crippen molar-refractivity contribution in [2.75, 3.05) is 19.8 Å². The largest absolute Gasteiger partial charge is 0.481 e. The molecule has 1 saturated heterocycles. The van der Waals surface area contributed by atoms with Gasteiger partial charge >= 0.3 is 0 Å². The van der Waals surface area contributed by atoms with Crippen molar-refractivity contribution in [1.29, 1.82) is 0 Å². The third-order valence-corrected chi connectivity index (χ3v) is 4.98. The Hall–Kier alpha value is -1.85. The van der Waals surface area contributed by atoms with Crippen LogP contribution in [0.25, 0.3) is 10.9 Å². The number of carbonyl (C=O) groups excluding carboxylic acids is 1. The Kier molecular flexibility index (Phi) is 5.21. The summed E-state index contributed by atoms with van der Waals surface area (Å²) < 4.78 is 5.72. The molecule has 0 radical (unpaired) electrons. The molecule has 2 unspecified atom stereocenters. The van der Waals surface area contributed by atoms with Gasteiger partial charge in [-0.05, 0) is 43.0 Å². The first-order valence-corrected chi connectivity index (χ1v) is 8.56. The van der Waals surface area contributed by atoms with E-state index in [4.69, 9.17) is 16.3 Å². The van der Waals surface area contributed by atoms with Crippen molar-refractivity contribution in [2.45, 2.75) is 25.8 Å². The lowest BCUT2D eigenvalue weighted by atomic mass is 9.91. The maximum absolute atomic E-state index is 12.5. The standard InChI is InChI=1S/C18H21ClN2O3/c1-12-4-3-9-21(15(12)10-22)17(23)11-24-16-7-6-14(19)13-5-2-8-20-18(13)16/h2,5-8,12,15,22H,3-4,9-11H2,1H3. The molecule has 1 N–H and O–H groups in total. The number of rotatable bonds is 4. The lowest BCUT2D eigenvalue weighted by Crippen LogP contribution is -2.51. The molecule has 24 heavy (non-hydrogen) atoms. The molecule has 1 amide bonds. The Morgan fingerprint density at radius 3 is 3.08 bits per heavy atom. The summed E-state index contributed by atoms with van der Waals surface area (Å²) in [6, 6.07) is 7.02. The summed E-state index contributed by atoms with van der Waals surface area (Å²) in [4.78, 5) is 18.6. The average Bonchev–Trinajstić information content (AvgIpc) is 2.61. The van der Waals surface area contributed by atoms with E-state index in [1.165, 1.54) is 0 Å². The van der Waals surface area contributed by atoms with Crippen LogP contribution < -0.4 is 4.74 Å². The van der Waals surface area contributed by atoms with Crippen LogP contribution in [0.3, 0.4) is 0 Å². The molecule has 2 heterocycles. The Bertz CT molecular complexity index is 737. The molecule has 3 rings (SSSR count). The molecule has 2 aromatic rings. The maximum Gasteiger partial charge on any atom is 0.260 e. The number of likely N-dealkylation sites (tertiary alicyclic amines) is 1. The fraction of sp³-hybridized carbons (Fsp3) is 0.444. The molecular weight excluding hydrogens is 328 g/mol. The first kappa shape index (κ1) is 17.0. The van der Waals surface area contributed by atoms with Crippen molar-refractivity contribution in [3.8, 4) is 5.75 Å². The molecule has 6 heteroatoms. The topological polar surface area (TPSA) is 62.7 Å². The van der Waals surface area contributed by atoms with Crippen LogP contribution in [0.5, 0.6) is 5.75 Å². The van der Waals surface area contributed by atoms with Crippen molar-refractivity contribution in [3.05, 3.63) is 35.5 Å². The number of hydrogen-bond acceptors (Lipinski definition) is 4. The molecule has 0 spiro atoms. The SMILES string of the molecule is CC1CCCN(C(=O)COc2ccc(Cl)c3cccnc23)C1CO. The van der Waals surface area contributed by atoms with Crippen molar-refractivity contribution < 1.29 is 14.6 Å². The number of aromatic nitrogens is 1. The van der Waals surface area contributed by atoms with Crippen molar-refractivity contribution in [2.24, 2.45) is 5.92 Å². The molecule has 1 aromatic heterocycles. The van der Waals surface area contributed by atoms with Gasteiger partial charge in [-0.25, -0.2) is 0 Å². The van der Waals surface area contributed by atoms with Gasteiger partial charge in [0.05, 0.1) is 17.7 Å². The summed E-state index contributed by atoms with van der Waals surface area (Å²) in [5.74, 6) is 0.722. The number of aliphatic hydroxyl groups excluding tert-OH is 1. The maximum atomic E-state index is 12.5. The van der Waals surface area contributed by atoms with Crippen LogP contribution in [-0.4, -0.2) is 46.7 Å². The molecule has 0 aliphatic carbocycles. The molecule has 128 valence electrons. The van der Waals surface area contributed by atoms with Crippen LogP contribution in [0.15, 0.2) is 30.5 Å². The normalized spacial score (nSPS) is 21.0. The number of nitrogens with zero attached hydrogens (tertiary/aromatic N) is 2. The monoisotopic (exact) mass is 348 g/mol. The lowest BCUT2D eigenvalue weighted by Gasteiger charge is -2.38. The van der Waals surface area contributed by atoms with Crippen LogP contribution in [0.1, 0.15) is 19.8 Å². The number of hydrogen-bond donors (Lipinski definition) is 1. The van der Waals surface area contributed by atoms with Gasteiger partial charge in [0.1, 0.15) is 11.3 Å². The highest BCUT2D eigenvalue weighted by atomic mass is 35.5. The van der Waals surface area contributed by atoms with E-state index in [1.54, 1.807) is 23.2 Å². The third kappa shape index (κ3) is 3.32. The van der Waals surface area contributed by atoms with Gasteiger partial charge < -0.3 is 14.7 Å². The molecular formula is C18H21ClN2O3. The minimum absolute atomic E-state index is 0.0155. The molecule has 1 aliphatic rings. The van der Waals surface area contributed by atoms with E-state index in [1.807, 2.05) is 12.1 Å². The number of aliphatic hydroxyl groups is 1. The van der Waals surface area contributed by atoms with Crippen LogP contribution >= 0.6 is 11.6 Å². The second-order valence-electron chi connectivity index (χ2n) is 6.19. The van der Waals surface area contributed by atoms with E-state index in [-0.39, 0.29) is 25.2 Å². The van der Waals surface area contributed by atoms with Gasteiger partial charge in [0.25, 0.3) is 5.91 Å². The van der Waals surface area contributed by atoms with Gasteiger partial charge in [-0.3, -0.25) is 9.78 Å². The number of fused-ring (bicyclic) bond motifs is 1.